The van der Waals surface area contributed by atoms with Gasteiger partial charge in [0.1, 0.15) is 10.7 Å². The van der Waals surface area contributed by atoms with Gasteiger partial charge in [0.15, 0.2) is 5.13 Å². The van der Waals surface area contributed by atoms with Crippen LogP contribution in [-0.4, -0.2) is 55.2 Å². The number of carbonyl (C=O) groups is 1. The van der Waals surface area contributed by atoms with E-state index < -0.39 is 0 Å². The zero-order valence-corrected chi connectivity index (χ0v) is 14.4. The number of nitrogens with zero attached hydrogens (tertiary/aromatic N) is 3. The number of nitrogens with two attached hydrogens (primary N) is 1. The Morgan fingerprint density at radius 3 is 2.43 bits per heavy atom. The van der Waals surface area contributed by atoms with Crippen molar-refractivity contribution in [1.82, 2.24) is 9.88 Å². The van der Waals surface area contributed by atoms with Gasteiger partial charge in [-0.05, 0) is 27.7 Å². The summed E-state index contributed by atoms with van der Waals surface area (Å²) in [6.07, 6.45) is 0. The van der Waals surface area contributed by atoms with Crippen molar-refractivity contribution < 1.29 is 9.53 Å². The first-order valence-electron chi connectivity index (χ1n) is 7.31. The molecule has 7 heteroatoms. The molecule has 0 radical (unpaired) electrons. The van der Waals surface area contributed by atoms with Crippen LogP contribution >= 0.6 is 11.3 Å². The number of amides is 1. The summed E-state index contributed by atoms with van der Waals surface area (Å²) in [5.41, 5.74) is 5.95. The maximum absolute atomic E-state index is 12.7. The molecule has 0 aliphatic rings. The minimum atomic E-state index is -0.0737. The smallest absolute Gasteiger partial charge is 0.268 e. The molecule has 0 bridgehead atoms. The highest BCUT2D eigenvalue weighted by Gasteiger charge is 2.25. The summed E-state index contributed by atoms with van der Waals surface area (Å²) in [4.78, 5) is 21.4. The normalized spacial score (nSPS) is 12.2. The highest BCUT2D eigenvalue weighted by molar-refractivity contribution is 7.18. The number of ether oxygens (including phenoxy) is 1. The fourth-order valence-electron chi connectivity index (χ4n) is 2.22. The number of aromatic nitrogens is 1. The van der Waals surface area contributed by atoms with Gasteiger partial charge in [-0.1, -0.05) is 11.3 Å². The van der Waals surface area contributed by atoms with Crippen LogP contribution in [0.3, 0.4) is 0 Å². The van der Waals surface area contributed by atoms with Crippen molar-refractivity contribution in [2.75, 3.05) is 44.0 Å². The molecule has 0 aliphatic heterocycles. The largest absolute Gasteiger partial charge is 0.383 e. The van der Waals surface area contributed by atoms with Crippen LogP contribution in [0.5, 0.6) is 0 Å². The van der Waals surface area contributed by atoms with Gasteiger partial charge in [-0.25, -0.2) is 4.98 Å². The minimum absolute atomic E-state index is 0.00547. The lowest BCUT2D eigenvalue weighted by Crippen LogP contribution is -2.40. The van der Waals surface area contributed by atoms with Crippen molar-refractivity contribution in [3.8, 4) is 0 Å². The number of hydrogen-bond donors (Lipinski definition) is 1. The lowest BCUT2D eigenvalue weighted by molar-refractivity contribution is 0.0584. The zero-order valence-electron chi connectivity index (χ0n) is 13.5. The predicted octanol–water partition coefficient (Wildman–Crippen LogP) is 2.07. The van der Waals surface area contributed by atoms with E-state index in [4.69, 9.17) is 10.5 Å². The molecule has 2 N–H and O–H groups in total. The molecule has 0 spiro atoms. The molecule has 1 unspecified atom stereocenters. The molecule has 1 aromatic heterocycles. The molecule has 1 rings (SSSR count). The Hall–Kier alpha value is -1.34. The van der Waals surface area contributed by atoms with Crippen molar-refractivity contribution in [1.29, 1.82) is 0 Å². The number of anilines is 2. The maximum atomic E-state index is 12.7. The topological polar surface area (TPSA) is 71.7 Å². The Balaban J connectivity index is 3.00. The standard InChI is InChI=1S/C14H26N4O2S/c1-6-17(7-2)14-16-12(15)11(21-14)13(19)18(8-3)10(4)9-20-5/h10H,6-9,15H2,1-5H3. The second kappa shape index (κ2) is 8.19. The predicted molar refractivity (Wildman–Crippen MR) is 88.1 cm³/mol. The molecule has 1 aromatic rings. The molecule has 1 atom stereocenters. The zero-order chi connectivity index (χ0) is 16.0. The fraction of sp³-hybridized carbons (Fsp3) is 0.714. The fourth-order valence-corrected chi connectivity index (χ4v) is 3.29. The van der Waals surface area contributed by atoms with Gasteiger partial charge in [-0.15, -0.1) is 0 Å². The van der Waals surface area contributed by atoms with Crippen molar-refractivity contribution in [2.24, 2.45) is 0 Å². The van der Waals surface area contributed by atoms with Gasteiger partial charge in [-0.3, -0.25) is 4.79 Å². The van der Waals surface area contributed by atoms with Crippen LogP contribution in [0.2, 0.25) is 0 Å². The summed E-state index contributed by atoms with van der Waals surface area (Å²) in [6.45, 7) is 10.8. The first-order chi connectivity index (χ1) is 9.99. The highest BCUT2D eigenvalue weighted by Crippen LogP contribution is 2.29. The molecule has 0 saturated heterocycles. The van der Waals surface area contributed by atoms with Crippen molar-refractivity contribution in [3.63, 3.8) is 0 Å². The van der Waals surface area contributed by atoms with Gasteiger partial charge >= 0.3 is 0 Å². The summed E-state index contributed by atoms with van der Waals surface area (Å²) >= 11 is 1.36. The van der Waals surface area contributed by atoms with Gasteiger partial charge < -0.3 is 20.3 Å². The van der Waals surface area contributed by atoms with E-state index in [2.05, 4.69) is 23.7 Å². The van der Waals surface area contributed by atoms with E-state index in [1.54, 1.807) is 12.0 Å². The van der Waals surface area contributed by atoms with Crippen LogP contribution in [-0.2, 0) is 4.74 Å². The van der Waals surface area contributed by atoms with Crippen LogP contribution in [0.1, 0.15) is 37.4 Å². The van der Waals surface area contributed by atoms with Crippen LogP contribution < -0.4 is 10.6 Å². The molecule has 21 heavy (non-hydrogen) atoms. The average molecular weight is 314 g/mol. The van der Waals surface area contributed by atoms with Gasteiger partial charge in [-0.2, -0.15) is 0 Å². The molecule has 0 aliphatic carbocycles. The number of nitrogen functional groups attached to an aromatic ring is 1. The monoisotopic (exact) mass is 314 g/mol. The molecule has 1 amide bonds. The molecule has 0 aromatic carbocycles. The molecular formula is C14H26N4O2S. The van der Waals surface area contributed by atoms with Gasteiger partial charge in [0.05, 0.1) is 12.6 Å². The molecule has 0 saturated carbocycles. The van der Waals surface area contributed by atoms with E-state index in [0.29, 0.717) is 23.8 Å². The highest BCUT2D eigenvalue weighted by atomic mass is 32.1. The first-order valence-corrected chi connectivity index (χ1v) is 8.12. The van der Waals surface area contributed by atoms with Gasteiger partial charge in [0.25, 0.3) is 5.91 Å². The number of carbonyl (C=O) groups excluding carboxylic acids is 1. The first kappa shape index (κ1) is 17.7. The lowest BCUT2D eigenvalue weighted by atomic mass is 10.2. The Bertz CT molecular complexity index is 460. The van der Waals surface area contributed by atoms with Gasteiger partial charge in [0, 0.05) is 26.7 Å². The Kier molecular flexibility index (Phi) is 6.91. The average Bonchev–Trinajstić information content (AvgIpc) is 2.83. The van der Waals surface area contributed by atoms with Crippen LogP contribution in [0.25, 0.3) is 0 Å². The third kappa shape index (κ3) is 4.07. The summed E-state index contributed by atoms with van der Waals surface area (Å²) in [5.74, 6) is 0.241. The number of likely N-dealkylation sites (N-methyl/N-ethyl adjacent to an activating group) is 1. The number of hydrogen-bond acceptors (Lipinski definition) is 6. The molecule has 120 valence electrons. The van der Waals surface area contributed by atoms with Crippen molar-refractivity contribution >= 4 is 28.2 Å². The van der Waals surface area contributed by atoms with Crippen LogP contribution in [0.15, 0.2) is 0 Å². The molecule has 1 heterocycles. The van der Waals surface area contributed by atoms with E-state index in [9.17, 15) is 4.79 Å². The summed E-state index contributed by atoms with van der Waals surface area (Å²) < 4.78 is 5.14. The van der Waals surface area contributed by atoms with Crippen LogP contribution in [0.4, 0.5) is 10.9 Å². The molecular weight excluding hydrogens is 288 g/mol. The van der Waals surface area contributed by atoms with Crippen molar-refractivity contribution in [2.45, 2.75) is 33.7 Å². The summed E-state index contributed by atoms with van der Waals surface area (Å²) in [5, 5.41) is 0.802. The van der Waals surface area contributed by atoms with E-state index >= 15 is 0 Å². The second-order valence-corrected chi connectivity index (χ2v) is 5.76. The Labute approximate surface area is 130 Å². The molecule has 0 fully saturated rings. The van der Waals surface area contributed by atoms with E-state index in [-0.39, 0.29) is 11.9 Å². The number of thiazole rings is 1. The summed E-state index contributed by atoms with van der Waals surface area (Å²) in [7, 11) is 1.63. The second-order valence-electron chi connectivity index (χ2n) is 4.78. The van der Waals surface area contributed by atoms with E-state index in [0.717, 1.165) is 18.2 Å². The van der Waals surface area contributed by atoms with Gasteiger partial charge in [0.2, 0.25) is 0 Å². The third-order valence-electron chi connectivity index (χ3n) is 3.41. The number of rotatable bonds is 8. The summed E-state index contributed by atoms with van der Waals surface area (Å²) in [6, 6.07) is 0.00547. The Morgan fingerprint density at radius 1 is 1.33 bits per heavy atom. The minimum Gasteiger partial charge on any atom is -0.383 e. The molecule has 6 nitrogen and oxygen atoms in total. The lowest BCUT2D eigenvalue weighted by Gasteiger charge is -2.27. The number of methoxy groups -OCH3 is 1. The van der Waals surface area contributed by atoms with E-state index in [1.807, 2.05) is 13.8 Å². The quantitative estimate of drug-likeness (QED) is 0.795. The van der Waals surface area contributed by atoms with E-state index in [1.165, 1.54) is 11.3 Å². The third-order valence-corrected chi connectivity index (χ3v) is 4.53. The van der Waals surface area contributed by atoms with Crippen LogP contribution in [0, 0.1) is 0 Å². The maximum Gasteiger partial charge on any atom is 0.268 e. The van der Waals surface area contributed by atoms with Crippen molar-refractivity contribution in [3.05, 3.63) is 4.88 Å². The Morgan fingerprint density at radius 2 is 1.95 bits per heavy atom. The SMILES string of the molecule is CCN(CC)c1nc(N)c(C(=O)N(CC)C(C)COC)s1.